The number of fused-ring (bicyclic) bond motifs is 3. The van der Waals surface area contributed by atoms with Crippen LogP contribution in [0, 0.1) is 0 Å². The molecule has 1 aliphatic rings. The van der Waals surface area contributed by atoms with E-state index in [1.54, 1.807) is 12.1 Å². The van der Waals surface area contributed by atoms with Gasteiger partial charge in [-0.1, -0.05) is 11.1 Å². The molecule has 0 aliphatic heterocycles. The average Bonchev–Trinajstić information content (AvgIpc) is 2.55. The molecule has 0 spiro atoms. The molecule has 0 radical (unpaired) electrons. The Bertz CT molecular complexity index is 602. The van der Waals surface area contributed by atoms with E-state index in [0.717, 1.165) is 29.6 Å². The number of benzene rings is 1. The summed E-state index contributed by atoms with van der Waals surface area (Å²) < 4.78 is 5.80. The number of phenols is 1. The van der Waals surface area contributed by atoms with Crippen molar-refractivity contribution in [2.45, 2.75) is 26.7 Å². The van der Waals surface area contributed by atoms with Gasteiger partial charge in [-0.3, -0.25) is 0 Å². The number of rotatable bonds is 0. The third-order valence-electron chi connectivity index (χ3n) is 3.46. The number of phenolic OH excluding ortho intramolecular Hbond substituents is 1. The van der Waals surface area contributed by atoms with Gasteiger partial charge in [-0.25, -0.2) is 0 Å². The first-order valence-corrected chi connectivity index (χ1v) is 5.53. The van der Waals surface area contributed by atoms with Crippen molar-refractivity contribution >= 4 is 11.0 Å². The molecular weight excluding hydrogens is 200 g/mol. The zero-order chi connectivity index (χ0) is 11.3. The normalized spacial score (nSPS) is 15.6. The lowest BCUT2D eigenvalue weighted by molar-refractivity contribution is 0.473. The highest BCUT2D eigenvalue weighted by molar-refractivity contribution is 5.84. The minimum atomic E-state index is 0.264. The highest BCUT2D eigenvalue weighted by atomic mass is 16.3. The van der Waals surface area contributed by atoms with Crippen LogP contribution in [-0.2, 0) is 12.8 Å². The van der Waals surface area contributed by atoms with E-state index in [4.69, 9.17) is 4.42 Å². The zero-order valence-corrected chi connectivity index (χ0v) is 9.50. The lowest BCUT2D eigenvalue weighted by atomic mass is 9.91. The van der Waals surface area contributed by atoms with Crippen molar-refractivity contribution in [2.24, 2.45) is 0 Å². The van der Waals surface area contributed by atoms with Crippen LogP contribution < -0.4 is 0 Å². The molecule has 0 amide bonds. The number of aromatic hydroxyl groups is 1. The topological polar surface area (TPSA) is 33.4 Å². The fraction of sp³-hybridized carbons (Fsp3) is 0.286. The standard InChI is InChI=1S/C14H14O2/c1-8-5-12-11-4-3-10(15)7-14(11)16-13(12)6-9(8)2/h3-4,7,15H,5-6H2,1-2H3. The van der Waals surface area contributed by atoms with Crippen molar-refractivity contribution < 1.29 is 9.52 Å². The van der Waals surface area contributed by atoms with Gasteiger partial charge in [-0.2, -0.15) is 0 Å². The van der Waals surface area contributed by atoms with Crippen LogP contribution >= 0.6 is 0 Å². The van der Waals surface area contributed by atoms with E-state index in [0.29, 0.717) is 0 Å². The van der Waals surface area contributed by atoms with E-state index in [9.17, 15) is 5.11 Å². The van der Waals surface area contributed by atoms with Gasteiger partial charge in [0.05, 0.1) is 0 Å². The second-order valence-electron chi connectivity index (χ2n) is 4.60. The first kappa shape index (κ1) is 9.52. The monoisotopic (exact) mass is 214 g/mol. The Kier molecular flexibility index (Phi) is 1.87. The fourth-order valence-electron chi connectivity index (χ4n) is 2.33. The maximum atomic E-state index is 9.42. The second kappa shape index (κ2) is 3.14. The molecule has 16 heavy (non-hydrogen) atoms. The van der Waals surface area contributed by atoms with Crippen LogP contribution in [0.15, 0.2) is 33.8 Å². The predicted octanol–water partition coefficient (Wildman–Crippen LogP) is 3.57. The van der Waals surface area contributed by atoms with Crippen LogP contribution in [-0.4, -0.2) is 5.11 Å². The Hall–Kier alpha value is -1.70. The quantitative estimate of drug-likeness (QED) is 0.680. The third-order valence-corrected chi connectivity index (χ3v) is 3.46. The van der Waals surface area contributed by atoms with E-state index in [-0.39, 0.29) is 5.75 Å². The summed E-state index contributed by atoms with van der Waals surface area (Å²) in [4.78, 5) is 0. The minimum absolute atomic E-state index is 0.264. The molecule has 1 aliphatic carbocycles. The first-order valence-electron chi connectivity index (χ1n) is 5.53. The Morgan fingerprint density at radius 3 is 2.69 bits per heavy atom. The van der Waals surface area contributed by atoms with Crippen molar-refractivity contribution in [3.05, 3.63) is 40.7 Å². The first-order chi connectivity index (χ1) is 7.65. The van der Waals surface area contributed by atoms with Gasteiger partial charge in [0, 0.05) is 23.4 Å². The summed E-state index contributed by atoms with van der Waals surface area (Å²) in [5, 5.41) is 10.6. The van der Waals surface area contributed by atoms with Crippen molar-refractivity contribution in [1.29, 1.82) is 0 Å². The van der Waals surface area contributed by atoms with Gasteiger partial charge < -0.3 is 9.52 Å². The van der Waals surface area contributed by atoms with E-state index < -0.39 is 0 Å². The molecule has 2 nitrogen and oxygen atoms in total. The molecule has 0 saturated carbocycles. The predicted molar refractivity (Wildman–Crippen MR) is 63.7 cm³/mol. The van der Waals surface area contributed by atoms with Crippen molar-refractivity contribution in [1.82, 2.24) is 0 Å². The highest BCUT2D eigenvalue weighted by Crippen LogP contribution is 2.35. The maximum absolute atomic E-state index is 9.42. The molecule has 2 aromatic rings. The van der Waals surface area contributed by atoms with Gasteiger partial charge in [0.1, 0.15) is 17.1 Å². The summed E-state index contributed by atoms with van der Waals surface area (Å²) in [6.45, 7) is 4.33. The zero-order valence-electron chi connectivity index (χ0n) is 9.50. The summed E-state index contributed by atoms with van der Waals surface area (Å²) in [6, 6.07) is 5.36. The Morgan fingerprint density at radius 2 is 1.88 bits per heavy atom. The molecule has 0 atom stereocenters. The van der Waals surface area contributed by atoms with Gasteiger partial charge in [0.15, 0.2) is 0 Å². The molecule has 1 aromatic heterocycles. The largest absolute Gasteiger partial charge is 0.508 e. The summed E-state index contributed by atoms with van der Waals surface area (Å²) in [6.07, 6.45) is 1.87. The molecule has 2 heteroatoms. The van der Waals surface area contributed by atoms with E-state index >= 15 is 0 Å². The van der Waals surface area contributed by atoms with Crippen molar-refractivity contribution in [2.75, 3.05) is 0 Å². The van der Waals surface area contributed by atoms with Crippen molar-refractivity contribution in [3.8, 4) is 5.75 Å². The molecule has 1 heterocycles. The molecule has 0 unspecified atom stereocenters. The maximum Gasteiger partial charge on any atom is 0.138 e. The van der Waals surface area contributed by atoms with Crippen LogP contribution in [0.1, 0.15) is 25.2 Å². The smallest absolute Gasteiger partial charge is 0.138 e. The molecule has 82 valence electrons. The highest BCUT2D eigenvalue weighted by Gasteiger charge is 2.20. The van der Waals surface area contributed by atoms with Gasteiger partial charge in [-0.05, 0) is 32.4 Å². The third kappa shape index (κ3) is 1.26. The van der Waals surface area contributed by atoms with E-state index in [1.807, 2.05) is 6.07 Å². The molecular formula is C14H14O2. The number of hydrogen-bond acceptors (Lipinski definition) is 2. The van der Waals surface area contributed by atoms with E-state index in [1.165, 1.54) is 16.7 Å². The minimum Gasteiger partial charge on any atom is -0.508 e. The number of hydrogen-bond donors (Lipinski definition) is 1. The molecule has 0 fully saturated rings. The Morgan fingerprint density at radius 1 is 1.12 bits per heavy atom. The van der Waals surface area contributed by atoms with Crippen LogP contribution in [0.2, 0.25) is 0 Å². The Balaban J connectivity index is 2.24. The lowest BCUT2D eigenvalue weighted by Gasteiger charge is -2.13. The molecule has 1 aromatic carbocycles. The van der Waals surface area contributed by atoms with Gasteiger partial charge >= 0.3 is 0 Å². The number of furan rings is 1. The molecule has 0 bridgehead atoms. The molecule has 0 saturated heterocycles. The van der Waals surface area contributed by atoms with Crippen LogP contribution in [0.3, 0.4) is 0 Å². The summed E-state index contributed by atoms with van der Waals surface area (Å²) >= 11 is 0. The Labute approximate surface area is 94.2 Å². The van der Waals surface area contributed by atoms with Gasteiger partial charge in [-0.15, -0.1) is 0 Å². The van der Waals surface area contributed by atoms with Gasteiger partial charge in [0.25, 0.3) is 0 Å². The fourth-order valence-corrected chi connectivity index (χ4v) is 2.33. The second-order valence-corrected chi connectivity index (χ2v) is 4.60. The van der Waals surface area contributed by atoms with Crippen LogP contribution in [0.25, 0.3) is 11.0 Å². The van der Waals surface area contributed by atoms with E-state index in [2.05, 4.69) is 13.8 Å². The molecule has 3 rings (SSSR count). The van der Waals surface area contributed by atoms with Crippen molar-refractivity contribution in [3.63, 3.8) is 0 Å². The lowest BCUT2D eigenvalue weighted by Crippen LogP contribution is -2.02. The van der Waals surface area contributed by atoms with Crippen LogP contribution in [0.4, 0.5) is 0 Å². The summed E-state index contributed by atoms with van der Waals surface area (Å²) in [5.74, 6) is 1.32. The summed E-state index contributed by atoms with van der Waals surface area (Å²) in [7, 11) is 0. The SMILES string of the molecule is CC1=C(C)Cc2c(oc3cc(O)ccc23)C1. The van der Waals surface area contributed by atoms with Gasteiger partial charge in [0.2, 0.25) is 0 Å². The summed E-state index contributed by atoms with van der Waals surface area (Å²) in [5.41, 5.74) is 4.92. The molecule has 1 N–H and O–H groups in total. The number of allylic oxidation sites excluding steroid dienone is 2. The average molecular weight is 214 g/mol. The van der Waals surface area contributed by atoms with Crippen LogP contribution in [0.5, 0.6) is 5.75 Å².